The number of carbonyl (C=O) groups excluding carboxylic acids is 1. The van der Waals surface area contributed by atoms with Gasteiger partial charge in [0.2, 0.25) is 5.91 Å². The fourth-order valence-corrected chi connectivity index (χ4v) is 2.90. The highest BCUT2D eigenvalue weighted by Gasteiger charge is 2.28. The Bertz CT molecular complexity index is 422. The molecule has 0 bridgehead atoms. The summed E-state index contributed by atoms with van der Waals surface area (Å²) in [6.45, 7) is 0.947. The predicted octanol–water partition coefficient (Wildman–Crippen LogP) is 1.52. The van der Waals surface area contributed by atoms with E-state index in [0.29, 0.717) is 13.1 Å². The number of rotatable bonds is 5. The zero-order chi connectivity index (χ0) is 14.4. The maximum atomic E-state index is 12.6. The molecule has 2 rings (SSSR count). The summed E-state index contributed by atoms with van der Waals surface area (Å²) in [5, 5.41) is 9.20. The van der Waals surface area contributed by atoms with E-state index >= 15 is 0 Å². The van der Waals surface area contributed by atoms with E-state index in [2.05, 4.69) is 0 Å². The SMILES string of the molecule is NC1CCCC(C(=O)N(CCO)Cc2ccccc2)C1. The van der Waals surface area contributed by atoms with Crippen molar-refractivity contribution in [3.63, 3.8) is 0 Å². The van der Waals surface area contributed by atoms with Crippen molar-refractivity contribution >= 4 is 5.91 Å². The number of aliphatic hydroxyl groups excluding tert-OH is 1. The first kappa shape index (κ1) is 15.0. The molecule has 2 atom stereocenters. The zero-order valence-corrected chi connectivity index (χ0v) is 11.9. The van der Waals surface area contributed by atoms with Crippen LogP contribution in [-0.2, 0) is 11.3 Å². The second kappa shape index (κ2) is 7.41. The van der Waals surface area contributed by atoms with E-state index in [1.807, 2.05) is 30.3 Å². The molecule has 1 fully saturated rings. The van der Waals surface area contributed by atoms with Crippen molar-refractivity contribution in [2.75, 3.05) is 13.2 Å². The molecule has 0 aliphatic heterocycles. The van der Waals surface area contributed by atoms with Gasteiger partial charge in [-0.15, -0.1) is 0 Å². The van der Waals surface area contributed by atoms with Crippen molar-refractivity contribution in [2.45, 2.75) is 38.3 Å². The van der Waals surface area contributed by atoms with E-state index in [1.54, 1.807) is 4.90 Å². The lowest BCUT2D eigenvalue weighted by Crippen LogP contribution is -2.41. The van der Waals surface area contributed by atoms with Gasteiger partial charge in [0.1, 0.15) is 0 Å². The van der Waals surface area contributed by atoms with Crippen LogP contribution in [0.4, 0.5) is 0 Å². The number of aliphatic hydroxyl groups is 1. The number of nitrogens with zero attached hydrogens (tertiary/aromatic N) is 1. The van der Waals surface area contributed by atoms with Gasteiger partial charge in [0.05, 0.1) is 6.61 Å². The Kier molecular flexibility index (Phi) is 5.56. The Balaban J connectivity index is 2.01. The molecule has 4 heteroatoms. The van der Waals surface area contributed by atoms with Crippen molar-refractivity contribution in [3.8, 4) is 0 Å². The highest BCUT2D eigenvalue weighted by molar-refractivity contribution is 5.79. The molecular formula is C16H24N2O2. The average Bonchev–Trinajstić information content (AvgIpc) is 2.47. The third-order valence-electron chi connectivity index (χ3n) is 3.96. The van der Waals surface area contributed by atoms with Crippen molar-refractivity contribution in [1.82, 2.24) is 4.90 Å². The minimum atomic E-state index is -0.00263. The maximum Gasteiger partial charge on any atom is 0.226 e. The molecule has 0 saturated heterocycles. The molecule has 1 aromatic carbocycles. The molecule has 0 heterocycles. The number of carbonyl (C=O) groups is 1. The molecule has 3 N–H and O–H groups in total. The van der Waals surface area contributed by atoms with Crippen molar-refractivity contribution < 1.29 is 9.90 Å². The van der Waals surface area contributed by atoms with Crippen LogP contribution in [0.3, 0.4) is 0 Å². The summed E-state index contributed by atoms with van der Waals surface area (Å²) in [5.74, 6) is 0.159. The molecule has 1 aliphatic rings. The molecule has 0 aromatic heterocycles. The Labute approximate surface area is 120 Å². The van der Waals surface area contributed by atoms with Gasteiger partial charge in [-0.1, -0.05) is 36.8 Å². The third kappa shape index (κ3) is 4.05. The van der Waals surface area contributed by atoms with Crippen LogP contribution in [0.15, 0.2) is 30.3 Å². The fraction of sp³-hybridized carbons (Fsp3) is 0.562. The fourth-order valence-electron chi connectivity index (χ4n) is 2.90. The molecule has 1 amide bonds. The van der Waals surface area contributed by atoms with E-state index in [9.17, 15) is 9.90 Å². The van der Waals surface area contributed by atoms with Crippen LogP contribution in [0.2, 0.25) is 0 Å². The summed E-state index contributed by atoms with van der Waals surface area (Å²) in [6.07, 6.45) is 3.73. The van der Waals surface area contributed by atoms with Crippen molar-refractivity contribution in [3.05, 3.63) is 35.9 Å². The lowest BCUT2D eigenvalue weighted by molar-refractivity contribution is -0.137. The highest BCUT2D eigenvalue weighted by Crippen LogP contribution is 2.25. The highest BCUT2D eigenvalue weighted by atomic mass is 16.3. The number of hydrogen-bond acceptors (Lipinski definition) is 3. The van der Waals surface area contributed by atoms with E-state index in [0.717, 1.165) is 31.2 Å². The van der Waals surface area contributed by atoms with Crippen LogP contribution < -0.4 is 5.73 Å². The summed E-state index contributed by atoms with van der Waals surface area (Å²) in [7, 11) is 0. The average molecular weight is 276 g/mol. The van der Waals surface area contributed by atoms with Gasteiger partial charge < -0.3 is 15.7 Å². The zero-order valence-electron chi connectivity index (χ0n) is 11.9. The molecule has 1 saturated carbocycles. The summed E-state index contributed by atoms with van der Waals surface area (Å²) in [5.41, 5.74) is 7.06. The summed E-state index contributed by atoms with van der Waals surface area (Å²) < 4.78 is 0. The Hall–Kier alpha value is -1.39. The number of nitrogens with two attached hydrogens (primary N) is 1. The Morgan fingerprint density at radius 2 is 2.05 bits per heavy atom. The molecule has 1 aromatic rings. The number of benzene rings is 1. The normalized spacial score (nSPS) is 22.5. The third-order valence-corrected chi connectivity index (χ3v) is 3.96. The molecule has 110 valence electrons. The van der Waals surface area contributed by atoms with Crippen LogP contribution in [0.25, 0.3) is 0 Å². The lowest BCUT2D eigenvalue weighted by atomic mass is 9.85. The molecular weight excluding hydrogens is 252 g/mol. The monoisotopic (exact) mass is 276 g/mol. The van der Waals surface area contributed by atoms with Crippen LogP contribution in [0, 0.1) is 5.92 Å². The maximum absolute atomic E-state index is 12.6. The van der Waals surface area contributed by atoms with Gasteiger partial charge in [0, 0.05) is 25.0 Å². The van der Waals surface area contributed by atoms with Gasteiger partial charge in [0.15, 0.2) is 0 Å². The predicted molar refractivity (Wildman–Crippen MR) is 78.9 cm³/mol. The Morgan fingerprint density at radius 1 is 1.30 bits per heavy atom. The van der Waals surface area contributed by atoms with Crippen LogP contribution in [-0.4, -0.2) is 35.1 Å². The smallest absolute Gasteiger partial charge is 0.226 e. The quantitative estimate of drug-likeness (QED) is 0.857. The molecule has 2 unspecified atom stereocenters. The van der Waals surface area contributed by atoms with Gasteiger partial charge in [-0.05, 0) is 24.8 Å². The minimum absolute atomic E-state index is 0.00263. The van der Waals surface area contributed by atoms with Gasteiger partial charge in [-0.25, -0.2) is 0 Å². The minimum Gasteiger partial charge on any atom is -0.395 e. The molecule has 4 nitrogen and oxygen atoms in total. The standard InChI is InChI=1S/C16H24N2O2/c17-15-8-4-7-14(11-15)16(20)18(9-10-19)12-13-5-2-1-3-6-13/h1-3,5-6,14-15,19H,4,7-12,17H2. The van der Waals surface area contributed by atoms with E-state index in [-0.39, 0.29) is 24.5 Å². The van der Waals surface area contributed by atoms with Gasteiger partial charge in [-0.2, -0.15) is 0 Å². The van der Waals surface area contributed by atoms with Crippen LogP contribution >= 0.6 is 0 Å². The first-order valence-electron chi connectivity index (χ1n) is 7.40. The second-order valence-corrected chi connectivity index (χ2v) is 5.59. The van der Waals surface area contributed by atoms with Crippen LogP contribution in [0.1, 0.15) is 31.2 Å². The largest absolute Gasteiger partial charge is 0.395 e. The number of hydrogen-bond donors (Lipinski definition) is 2. The summed E-state index contributed by atoms with van der Waals surface area (Å²) in [6, 6.07) is 10.0. The van der Waals surface area contributed by atoms with E-state index in [4.69, 9.17) is 5.73 Å². The van der Waals surface area contributed by atoms with Gasteiger partial charge in [0.25, 0.3) is 0 Å². The van der Waals surface area contributed by atoms with E-state index in [1.165, 1.54) is 0 Å². The lowest BCUT2D eigenvalue weighted by Gasteiger charge is -2.31. The molecule has 0 spiro atoms. The Morgan fingerprint density at radius 3 is 2.70 bits per heavy atom. The number of amides is 1. The second-order valence-electron chi connectivity index (χ2n) is 5.59. The molecule has 0 radical (unpaired) electrons. The van der Waals surface area contributed by atoms with Gasteiger partial charge >= 0.3 is 0 Å². The van der Waals surface area contributed by atoms with Crippen molar-refractivity contribution in [2.24, 2.45) is 11.7 Å². The van der Waals surface area contributed by atoms with E-state index < -0.39 is 0 Å². The summed E-state index contributed by atoms with van der Waals surface area (Å²) >= 11 is 0. The van der Waals surface area contributed by atoms with Crippen LogP contribution in [0.5, 0.6) is 0 Å². The molecule has 1 aliphatic carbocycles. The topological polar surface area (TPSA) is 66.6 Å². The first-order chi connectivity index (χ1) is 9.70. The van der Waals surface area contributed by atoms with Gasteiger partial charge in [-0.3, -0.25) is 4.79 Å². The first-order valence-corrected chi connectivity index (χ1v) is 7.40. The van der Waals surface area contributed by atoms with Crippen molar-refractivity contribution in [1.29, 1.82) is 0 Å². The molecule has 20 heavy (non-hydrogen) atoms. The summed E-state index contributed by atoms with van der Waals surface area (Å²) in [4.78, 5) is 14.4.